The maximum absolute atomic E-state index is 12.9. The van der Waals surface area contributed by atoms with Gasteiger partial charge in [0.05, 0.1) is 19.0 Å². The van der Waals surface area contributed by atoms with Crippen LogP contribution in [0, 0.1) is 0 Å². The number of carbonyl (C=O) groups is 2. The standard InChI is InChI=1S/C27H38ClN7O3/c1-4-35-13-11-19(12-14-35)31-26(37)18-9-10-23(24(15-18)38-3)33-27-29-16-20(28)25(34-27)32-22-8-6-5-7-21(22)30-17(2)36/h9-10,15-16,19,21-22H,4-8,11-14H2,1-3H3,(H,30,36)(H,31,37)(H2,29,32,33,34)/t21-,22-/m1/s1. The van der Waals surface area contributed by atoms with Crippen molar-refractivity contribution in [3.05, 3.63) is 35.0 Å². The van der Waals surface area contributed by atoms with Gasteiger partial charge in [-0.15, -0.1) is 0 Å². The third-order valence-corrected chi connectivity index (χ3v) is 7.58. The number of nitrogens with zero attached hydrogens (tertiary/aromatic N) is 3. The lowest BCUT2D eigenvalue weighted by Crippen LogP contribution is -2.48. The number of likely N-dealkylation sites (tertiary alicyclic amines) is 1. The first-order valence-corrected chi connectivity index (χ1v) is 13.8. The molecule has 206 valence electrons. The van der Waals surface area contributed by atoms with E-state index in [1.165, 1.54) is 13.1 Å². The molecule has 1 aliphatic heterocycles. The Bertz CT molecular complexity index is 1120. The number of aromatic nitrogens is 2. The van der Waals surface area contributed by atoms with Crippen molar-refractivity contribution in [3.63, 3.8) is 0 Å². The van der Waals surface area contributed by atoms with Crippen molar-refractivity contribution in [3.8, 4) is 5.75 Å². The Morgan fingerprint density at radius 1 is 1.11 bits per heavy atom. The first-order chi connectivity index (χ1) is 18.4. The van der Waals surface area contributed by atoms with E-state index < -0.39 is 0 Å². The number of carbonyl (C=O) groups excluding carboxylic acids is 2. The maximum atomic E-state index is 12.9. The monoisotopic (exact) mass is 543 g/mol. The minimum atomic E-state index is -0.111. The third-order valence-electron chi connectivity index (χ3n) is 7.30. The molecule has 2 aliphatic rings. The van der Waals surface area contributed by atoms with Gasteiger partial charge in [-0.25, -0.2) is 4.98 Å². The number of anilines is 3. The van der Waals surface area contributed by atoms with Gasteiger partial charge in [0.25, 0.3) is 5.91 Å². The van der Waals surface area contributed by atoms with Gasteiger partial charge in [-0.1, -0.05) is 31.4 Å². The van der Waals surface area contributed by atoms with Gasteiger partial charge >= 0.3 is 0 Å². The predicted octanol–water partition coefficient (Wildman–Crippen LogP) is 3.96. The maximum Gasteiger partial charge on any atom is 0.251 e. The van der Waals surface area contributed by atoms with E-state index in [1.54, 1.807) is 25.3 Å². The molecular weight excluding hydrogens is 506 g/mol. The second-order valence-electron chi connectivity index (χ2n) is 9.95. The number of hydrogen-bond donors (Lipinski definition) is 4. The molecule has 2 amide bonds. The summed E-state index contributed by atoms with van der Waals surface area (Å²) in [7, 11) is 1.56. The van der Waals surface area contributed by atoms with E-state index in [9.17, 15) is 9.59 Å². The van der Waals surface area contributed by atoms with Crippen molar-refractivity contribution in [2.75, 3.05) is 37.4 Å². The zero-order valence-electron chi connectivity index (χ0n) is 22.3. The van der Waals surface area contributed by atoms with E-state index in [2.05, 4.69) is 43.1 Å². The molecular formula is C27H38ClN7O3. The summed E-state index contributed by atoms with van der Waals surface area (Å²) in [5.41, 5.74) is 1.16. The lowest BCUT2D eigenvalue weighted by Gasteiger charge is -2.33. The van der Waals surface area contributed by atoms with Gasteiger partial charge in [0, 0.05) is 43.7 Å². The number of benzene rings is 1. The van der Waals surface area contributed by atoms with Crippen LogP contribution in [-0.2, 0) is 4.79 Å². The molecule has 2 aromatic rings. The molecule has 1 aromatic heterocycles. The van der Waals surface area contributed by atoms with Crippen LogP contribution in [0.4, 0.5) is 17.5 Å². The quantitative estimate of drug-likeness (QED) is 0.375. The van der Waals surface area contributed by atoms with E-state index in [0.717, 1.165) is 58.2 Å². The Labute approximate surface area is 229 Å². The number of nitrogens with one attached hydrogen (secondary N) is 4. The fraction of sp³-hybridized carbons (Fsp3) is 0.556. The van der Waals surface area contributed by atoms with Crippen LogP contribution in [0.15, 0.2) is 24.4 Å². The minimum absolute atomic E-state index is 0.0154. The van der Waals surface area contributed by atoms with E-state index in [4.69, 9.17) is 16.3 Å². The summed E-state index contributed by atoms with van der Waals surface area (Å²) in [4.78, 5) is 35.8. The highest BCUT2D eigenvalue weighted by Crippen LogP contribution is 2.30. The lowest BCUT2D eigenvalue weighted by atomic mass is 9.90. The molecule has 1 saturated heterocycles. The van der Waals surface area contributed by atoms with Crippen LogP contribution < -0.4 is 26.0 Å². The van der Waals surface area contributed by atoms with Crippen LogP contribution in [0.1, 0.15) is 62.7 Å². The molecule has 2 heterocycles. The van der Waals surface area contributed by atoms with Crippen molar-refractivity contribution in [1.29, 1.82) is 0 Å². The van der Waals surface area contributed by atoms with Crippen molar-refractivity contribution < 1.29 is 14.3 Å². The normalized spacial score (nSPS) is 20.4. The summed E-state index contributed by atoms with van der Waals surface area (Å²) < 4.78 is 5.57. The molecule has 1 aliphatic carbocycles. The van der Waals surface area contributed by atoms with Gasteiger partial charge in [0.2, 0.25) is 11.9 Å². The molecule has 4 rings (SSSR count). The Morgan fingerprint density at radius 3 is 2.53 bits per heavy atom. The number of amides is 2. The van der Waals surface area contributed by atoms with Crippen molar-refractivity contribution >= 4 is 40.9 Å². The highest BCUT2D eigenvalue weighted by Gasteiger charge is 2.27. The zero-order valence-corrected chi connectivity index (χ0v) is 23.1. The molecule has 2 atom stereocenters. The highest BCUT2D eigenvalue weighted by atomic mass is 35.5. The van der Waals surface area contributed by atoms with Crippen LogP contribution in [0.25, 0.3) is 0 Å². The first kappa shape index (κ1) is 27.9. The molecule has 2 fully saturated rings. The molecule has 4 N–H and O–H groups in total. The van der Waals surface area contributed by atoms with Gasteiger partial charge in [-0.2, -0.15) is 4.98 Å². The molecule has 1 aromatic carbocycles. The summed E-state index contributed by atoms with van der Waals surface area (Å²) in [6.45, 7) is 6.73. The summed E-state index contributed by atoms with van der Waals surface area (Å²) in [5, 5.41) is 13.2. The van der Waals surface area contributed by atoms with Crippen molar-refractivity contribution in [2.45, 2.75) is 70.5 Å². The largest absolute Gasteiger partial charge is 0.495 e. The van der Waals surface area contributed by atoms with Gasteiger partial charge in [0.1, 0.15) is 10.8 Å². The molecule has 0 radical (unpaired) electrons. The molecule has 38 heavy (non-hydrogen) atoms. The van der Waals surface area contributed by atoms with Crippen LogP contribution in [0.5, 0.6) is 5.75 Å². The summed E-state index contributed by atoms with van der Waals surface area (Å²) in [5.74, 6) is 1.17. The smallest absolute Gasteiger partial charge is 0.251 e. The molecule has 0 bridgehead atoms. The van der Waals surface area contributed by atoms with Gasteiger partial charge in [0.15, 0.2) is 5.82 Å². The summed E-state index contributed by atoms with van der Waals surface area (Å²) in [6, 6.07) is 5.48. The number of halogens is 1. The Hall–Kier alpha value is -3.11. The molecule has 1 saturated carbocycles. The number of methoxy groups -OCH3 is 1. The molecule has 10 nitrogen and oxygen atoms in total. The van der Waals surface area contributed by atoms with Crippen LogP contribution in [0.2, 0.25) is 5.02 Å². The Balaban J connectivity index is 1.43. The van der Waals surface area contributed by atoms with Crippen LogP contribution >= 0.6 is 11.6 Å². The molecule has 11 heteroatoms. The van der Waals surface area contributed by atoms with E-state index in [-0.39, 0.29) is 29.9 Å². The van der Waals surface area contributed by atoms with E-state index in [0.29, 0.717) is 33.8 Å². The molecule has 0 unspecified atom stereocenters. The topological polar surface area (TPSA) is 121 Å². The summed E-state index contributed by atoms with van der Waals surface area (Å²) >= 11 is 6.41. The fourth-order valence-corrected chi connectivity index (χ4v) is 5.31. The van der Waals surface area contributed by atoms with Gasteiger partial charge in [-0.3, -0.25) is 9.59 Å². The van der Waals surface area contributed by atoms with Gasteiger partial charge in [-0.05, 0) is 50.4 Å². The Morgan fingerprint density at radius 2 is 1.84 bits per heavy atom. The van der Waals surface area contributed by atoms with Crippen LogP contribution in [-0.4, -0.2) is 71.6 Å². The highest BCUT2D eigenvalue weighted by molar-refractivity contribution is 6.32. The average Bonchev–Trinajstić information content (AvgIpc) is 2.92. The van der Waals surface area contributed by atoms with Crippen molar-refractivity contribution in [2.24, 2.45) is 0 Å². The second-order valence-corrected chi connectivity index (χ2v) is 10.4. The predicted molar refractivity (Wildman–Crippen MR) is 149 cm³/mol. The molecule has 0 spiro atoms. The number of rotatable bonds is 9. The fourth-order valence-electron chi connectivity index (χ4n) is 5.16. The van der Waals surface area contributed by atoms with E-state index >= 15 is 0 Å². The first-order valence-electron chi connectivity index (χ1n) is 13.4. The number of ether oxygens (including phenoxy) is 1. The van der Waals surface area contributed by atoms with Crippen LogP contribution in [0.3, 0.4) is 0 Å². The SMILES string of the molecule is CCN1CCC(NC(=O)c2ccc(Nc3ncc(Cl)c(N[C@@H]4CCCC[C@H]4NC(C)=O)n3)c(OC)c2)CC1. The zero-order chi connectivity index (χ0) is 27.1. The average molecular weight is 544 g/mol. The number of piperidine rings is 1. The van der Waals surface area contributed by atoms with Crippen molar-refractivity contribution in [1.82, 2.24) is 25.5 Å². The summed E-state index contributed by atoms with van der Waals surface area (Å²) in [6.07, 6.45) is 7.38. The van der Waals surface area contributed by atoms with Gasteiger partial charge < -0.3 is 30.9 Å². The minimum Gasteiger partial charge on any atom is -0.495 e. The number of hydrogen-bond acceptors (Lipinski definition) is 8. The second kappa shape index (κ2) is 13.1. The lowest BCUT2D eigenvalue weighted by molar-refractivity contribution is -0.119. The van der Waals surface area contributed by atoms with E-state index in [1.807, 2.05) is 0 Å². The Kier molecular flexibility index (Phi) is 9.63. The third kappa shape index (κ3) is 7.26.